The van der Waals surface area contributed by atoms with Gasteiger partial charge in [0.2, 0.25) is 0 Å². The van der Waals surface area contributed by atoms with Crippen LogP contribution in [0.15, 0.2) is 24.3 Å². The van der Waals surface area contributed by atoms with Gasteiger partial charge >= 0.3 is 0 Å². The summed E-state index contributed by atoms with van der Waals surface area (Å²) in [5.41, 5.74) is 1.19. The van der Waals surface area contributed by atoms with Crippen LogP contribution in [0.4, 0.5) is 0 Å². The summed E-state index contributed by atoms with van der Waals surface area (Å²) in [7, 11) is 2.19. The summed E-state index contributed by atoms with van der Waals surface area (Å²) >= 11 is 6.19. The van der Waals surface area contributed by atoms with Crippen molar-refractivity contribution in [3.8, 4) is 0 Å². The maximum Gasteiger partial charge on any atom is 0.0453 e. The Morgan fingerprint density at radius 2 is 2.24 bits per heavy atom. The molecule has 94 valence electrons. The zero-order chi connectivity index (χ0) is 12.3. The fourth-order valence-corrected chi connectivity index (χ4v) is 2.77. The van der Waals surface area contributed by atoms with Gasteiger partial charge in [0.25, 0.3) is 0 Å². The van der Waals surface area contributed by atoms with Crippen molar-refractivity contribution in [3.05, 3.63) is 34.9 Å². The van der Waals surface area contributed by atoms with Gasteiger partial charge in [0, 0.05) is 17.6 Å². The van der Waals surface area contributed by atoms with Crippen LogP contribution in [-0.2, 0) is 0 Å². The van der Waals surface area contributed by atoms with Gasteiger partial charge in [-0.05, 0) is 51.0 Å². The molecule has 1 N–H and O–H groups in total. The fourth-order valence-electron chi connectivity index (χ4n) is 2.47. The molecule has 3 heteroatoms. The first-order valence-corrected chi connectivity index (χ1v) is 6.71. The van der Waals surface area contributed by atoms with E-state index in [0.717, 1.165) is 17.5 Å². The molecule has 2 atom stereocenters. The summed E-state index contributed by atoms with van der Waals surface area (Å²) < 4.78 is 0. The summed E-state index contributed by atoms with van der Waals surface area (Å²) in [6.07, 6.45) is 1.30. The van der Waals surface area contributed by atoms with E-state index in [2.05, 4.69) is 30.3 Å². The first-order valence-electron chi connectivity index (χ1n) is 6.33. The third kappa shape index (κ3) is 3.44. The third-order valence-electron chi connectivity index (χ3n) is 3.57. The number of benzene rings is 1. The molecule has 0 saturated carbocycles. The highest BCUT2D eigenvalue weighted by Gasteiger charge is 2.20. The first kappa shape index (κ1) is 12.9. The van der Waals surface area contributed by atoms with Gasteiger partial charge in [-0.2, -0.15) is 0 Å². The fraction of sp³-hybridized carbons (Fsp3) is 0.571. The van der Waals surface area contributed by atoms with Crippen LogP contribution in [0.1, 0.15) is 24.9 Å². The zero-order valence-corrected chi connectivity index (χ0v) is 11.4. The molecule has 1 aliphatic heterocycles. The third-order valence-corrected chi connectivity index (χ3v) is 3.92. The van der Waals surface area contributed by atoms with Crippen LogP contribution in [0, 0.1) is 5.92 Å². The molecule has 0 spiro atoms. The van der Waals surface area contributed by atoms with Crippen LogP contribution in [0.25, 0.3) is 0 Å². The van der Waals surface area contributed by atoms with Crippen molar-refractivity contribution < 1.29 is 0 Å². The lowest BCUT2D eigenvalue weighted by molar-refractivity contribution is 0.382. The van der Waals surface area contributed by atoms with E-state index in [-0.39, 0.29) is 0 Å². The Morgan fingerprint density at radius 1 is 1.47 bits per heavy atom. The van der Waals surface area contributed by atoms with E-state index in [1.54, 1.807) is 0 Å². The molecule has 1 aliphatic rings. The zero-order valence-electron chi connectivity index (χ0n) is 10.6. The molecule has 0 aliphatic carbocycles. The Labute approximate surface area is 109 Å². The molecule has 1 fully saturated rings. The molecule has 0 aromatic heterocycles. The molecule has 2 nitrogen and oxygen atoms in total. The monoisotopic (exact) mass is 252 g/mol. The Balaban J connectivity index is 1.85. The van der Waals surface area contributed by atoms with Gasteiger partial charge in [0.05, 0.1) is 0 Å². The van der Waals surface area contributed by atoms with Crippen molar-refractivity contribution in [2.24, 2.45) is 5.92 Å². The Kier molecular flexibility index (Phi) is 4.43. The Hall–Kier alpha value is -0.570. The second-order valence-corrected chi connectivity index (χ2v) is 5.48. The van der Waals surface area contributed by atoms with Gasteiger partial charge in [-0.25, -0.2) is 0 Å². The SMILES string of the molecule is CC(NCC1CCN(C)C1)c1ccccc1Cl. The highest BCUT2D eigenvalue weighted by atomic mass is 35.5. The largest absolute Gasteiger partial charge is 0.310 e. The summed E-state index contributed by atoms with van der Waals surface area (Å²) in [5.74, 6) is 0.782. The topological polar surface area (TPSA) is 15.3 Å². The lowest BCUT2D eigenvalue weighted by Gasteiger charge is -2.18. The van der Waals surface area contributed by atoms with Gasteiger partial charge < -0.3 is 10.2 Å². The van der Waals surface area contributed by atoms with Crippen molar-refractivity contribution in [2.45, 2.75) is 19.4 Å². The number of halogens is 1. The van der Waals surface area contributed by atoms with Gasteiger partial charge in [-0.3, -0.25) is 0 Å². The maximum absolute atomic E-state index is 6.19. The Bertz CT molecular complexity index is 367. The molecule has 2 unspecified atom stereocenters. The van der Waals surface area contributed by atoms with Crippen molar-refractivity contribution in [3.63, 3.8) is 0 Å². The smallest absolute Gasteiger partial charge is 0.0453 e. The lowest BCUT2D eigenvalue weighted by Crippen LogP contribution is -2.27. The highest BCUT2D eigenvalue weighted by molar-refractivity contribution is 6.31. The lowest BCUT2D eigenvalue weighted by atomic mass is 10.1. The average Bonchev–Trinajstić information content (AvgIpc) is 2.73. The number of likely N-dealkylation sites (tertiary alicyclic amines) is 1. The quantitative estimate of drug-likeness (QED) is 0.887. The van der Waals surface area contributed by atoms with Crippen molar-refractivity contribution in [2.75, 3.05) is 26.7 Å². The van der Waals surface area contributed by atoms with Gasteiger partial charge in [-0.15, -0.1) is 0 Å². The summed E-state index contributed by atoms with van der Waals surface area (Å²) in [6, 6.07) is 8.40. The maximum atomic E-state index is 6.19. The summed E-state index contributed by atoms with van der Waals surface area (Å²) in [5, 5.41) is 4.45. The van der Waals surface area contributed by atoms with E-state index in [1.165, 1.54) is 25.1 Å². The van der Waals surface area contributed by atoms with Crippen LogP contribution < -0.4 is 5.32 Å². The van der Waals surface area contributed by atoms with E-state index >= 15 is 0 Å². The predicted molar refractivity (Wildman–Crippen MR) is 73.5 cm³/mol. The van der Waals surface area contributed by atoms with Gasteiger partial charge in [-0.1, -0.05) is 29.8 Å². The van der Waals surface area contributed by atoms with Crippen molar-refractivity contribution >= 4 is 11.6 Å². The van der Waals surface area contributed by atoms with E-state index in [9.17, 15) is 0 Å². The molecular weight excluding hydrogens is 232 g/mol. The average molecular weight is 253 g/mol. The second kappa shape index (κ2) is 5.85. The standard InChI is InChI=1S/C14H21ClN2/c1-11(13-5-3-4-6-14(13)15)16-9-12-7-8-17(2)10-12/h3-6,11-12,16H,7-10H2,1-2H3. The second-order valence-electron chi connectivity index (χ2n) is 5.07. The number of rotatable bonds is 4. The molecule has 0 amide bonds. The molecule has 1 aromatic rings. The summed E-state index contributed by atoms with van der Waals surface area (Å²) in [4.78, 5) is 2.40. The highest BCUT2D eigenvalue weighted by Crippen LogP contribution is 2.23. The molecular formula is C14H21ClN2. The van der Waals surface area contributed by atoms with Crippen LogP contribution >= 0.6 is 11.6 Å². The first-order chi connectivity index (χ1) is 8.16. The minimum atomic E-state index is 0.328. The van der Waals surface area contributed by atoms with Crippen LogP contribution in [0.3, 0.4) is 0 Å². The Morgan fingerprint density at radius 3 is 2.88 bits per heavy atom. The number of hydrogen-bond acceptors (Lipinski definition) is 2. The molecule has 0 bridgehead atoms. The minimum Gasteiger partial charge on any atom is -0.310 e. The van der Waals surface area contributed by atoms with E-state index in [0.29, 0.717) is 6.04 Å². The van der Waals surface area contributed by atoms with E-state index < -0.39 is 0 Å². The number of nitrogens with zero attached hydrogens (tertiary/aromatic N) is 1. The van der Waals surface area contributed by atoms with E-state index in [1.807, 2.05) is 18.2 Å². The van der Waals surface area contributed by atoms with Gasteiger partial charge in [0.15, 0.2) is 0 Å². The summed E-state index contributed by atoms with van der Waals surface area (Å²) in [6.45, 7) is 5.70. The van der Waals surface area contributed by atoms with Crippen molar-refractivity contribution in [1.29, 1.82) is 0 Å². The van der Waals surface area contributed by atoms with Crippen LogP contribution in [-0.4, -0.2) is 31.6 Å². The van der Waals surface area contributed by atoms with E-state index in [4.69, 9.17) is 11.6 Å². The molecule has 2 rings (SSSR count). The van der Waals surface area contributed by atoms with Gasteiger partial charge in [0.1, 0.15) is 0 Å². The predicted octanol–water partition coefficient (Wildman–Crippen LogP) is 2.94. The minimum absolute atomic E-state index is 0.328. The van der Waals surface area contributed by atoms with Crippen molar-refractivity contribution in [1.82, 2.24) is 10.2 Å². The molecule has 1 saturated heterocycles. The number of nitrogens with one attached hydrogen (secondary N) is 1. The van der Waals surface area contributed by atoms with Crippen LogP contribution in [0.2, 0.25) is 5.02 Å². The molecule has 17 heavy (non-hydrogen) atoms. The number of hydrogen-bond donors (Lipinski definition) is 1. The van der Waals surface area contributed by atoms with Crippen LogP contribution in [0.5, 0.6) is 0 Å². The molecule has 1 aromatic carbocycles. The molecule has 0 radical (unpaired) electrons. The molecule has 1 heterocycles. The normalized spacial score (nSPS) is 22.9.